The lowest BCUT2D eigenvalue weighted by atomic mass is 9.91. The van der Waals surface area contributed by atoms with E-state index in [1.165, 1.54) is 0 Å². The molecule has 1 aromatic heterocycles. The first-order chi connectivity index (χ1) is 19.9. The van der Waals surface area contributed by atoms with Crippen molar-refractivity contribution in [3.8, 4) is 16.9 Å². The number of carbonyl (C=O) groups excluding carboxylic acids is 2. The maximum absolute atomic E-state index is 13.7. The van der Waals surface area contributed by atoms with E-state index in [0.717, 1.165) is 38.8 Å². The molecule has 0 spiro atoms. The quantitative estimate of drug-likeness (QED) is 0.199. The van der Waals surface area contributed by atoms with Crippen molar-refractivity contribution < 1.29 is 19.1 Å². The first-order valence-electron chi connectivity index (χ1n) is 14.6. The summed E-state index contributed by atoms with van der Waals surface area (Å²) in [6.45, 7) is 16.2. The van der Waals surface area contributed by atoms with E-state index in [1.54, 1.807) is 30.3 Å². The van der Waals surface area contributed by atoms with Crippen molar-refractivity contribution in [3.63, 3.8) is 0 Å². The minimum absolute atomic E-state index is 0.00866. The van der Waals surface area contributed by atoms with E-state index >= 15 is 0 Å². The van der Waals surface area contributed by atoms with Crippen LogP contribution in [0.1, 0.15) is 76.4 Å². The molecule has 4 rings (SSSR count). The highest BCUT2D eigenvalue weighted by atomic mass is 16.5. The van der Waals surface area contributed by atoms with Gasteiger partial charge in [0.1, 0.15) is 11.6 Å². The van der Waals surface area contributed by atoms with Crippen molar-refractivity contribution in [1.29, 1.82) is 0 Å². The van der Waals surface area contributed by atoms with E-state index in [0.29, 0.717) is 24.3 Å². The van der Waals surface area contributed by atoms with Gasteiger partial charge in [-0.15, -0.1) is 0 Å². The first-order valence-corrected chi connectivity index (χ1v) is 14.6. The Balaban J connectivity index is 0.00000237. The van der Waals surface area contributed by atoms with E-state index in [4.69, 9.17) is 9.47 Å². The van der Waals surface area contributed by atoms with E-state index in [2.05, 4.69) is 56.1 Å². The van der Waals surface area contributed by atoms with Crippen molar-refractivity contribution in [1.82, 2.24) is 4.98 Å². The van der Waals surface area contributed by atoms with Crippen LogP contribution in [0, 0.1) is 12.3 Å². The highest BCUT2D eigenvalue weighted by Gasteiger charge is 2.25. The van der Waals surface area contributed by atoms with Gasteiger partial charge in [-0.25, -0.2) is 9.78 Å². The number of hydrogen-bond acceptors (Lipinski definition) is 5. The number of fused-ring (bicyclic) bond motifs is 1. The lowest BCUT2D eigenvalue weighted by Gasteiger charge is -2.27. The summed E-state index contributed by atoms with van der Waals surface area (Å²) in [5, 5.41) is 1.62. The molecule has 0 aliphatic heterocycles. The van der Waals surface area contributed by atoms with Gasteiger partial charge in [0.25, 0.3) is 0 Å². The highest BCUT2D eigenvalue weighted by molar-refractivity contribution is 6.04. The van der Waals surface area contributed by atoms with Crippen LogP contribution in [-0.2, 0) is 16.1 Å². The third kappa shape index (κ3) is 8.19. The zero-order valence-corrected chi connectivity index (χ0v) is 26.4. The van der Waals surface area contributed by atoms with Gasteiger partial charge < -0.3 is 9.47 Å². The minimum atomic E-state index is -0.372. The molecule has 1 amide bonds. The molecule has 0 bridgehead atoms. The van der Waals surface area contributed by atoms with Crippen LogP contribution in [0.3, 0.4) is 0 Å². The number of carbonyl (C=O) groups is 2. The van der Waals surface area contributed by atoms with Gasteiger partial charge >= 0.3 is 5.97 Å². The van der Waals surface area contributed by atoms with E-state index in [-0.39, 0.29) is 23.4 Å². The Kier molecular flexibility index (Phi) is 10.9. The SMILES string of the molecule is CC.COc1ccc(-c2ccc(CN(C(=O)CC(C)(C)C)c3nccc4cc(C(=O)OC(C)C)ccc34)cc2)cc1C. The Bertz CT molecular complexity index is 1520. The maximum atomic E-state index is 13.7. The zero-order valence-electron chi connectivity index (χ0n) is 26.4. The second kappa shape index (κ2) is 14.1. The third-order valence-corrected chi connectivity index (χ3v) is 6.58. The van der Waals surface area contributed by atoms with Gasteiger partial charge in [0.2, 0.25) is 5.91 Å². The Morgan fingerprint density at radius 2 is 1.57 bits per heavy atom. The summed E-state index contributed by atoms with van der Waals surface area (Å²) in [6.07, 6.45) is 1.84. The number of pyridine rings is 1. The third-order valence-electron chi connectivity index (χ3n) is 6.58. The fourth-order valence-electron chi connectivity index (χ4n) is 4.66. The van der Waals surface area contributed by atoms with Crippen molar-refractivity contribution in [2.75, 3.05) is 12.0 Å². The number of rotatable bonds is 8. The molecule has 0 unspecified atom stereocenters. The molecule has 222 valence electrons. The van der Waals surface area contributed by atoms with Crippen LogP contribution < -0.4 is 9.64 Å². The minimum Gasteiger partial charge on any atom is -0.496 e. The van der Waals surface area contributed by atoms with Crippen LogP contribution in [0.2, 0.25) is 0 Å². The van der Waals surface area contributed by atoms with Gasteiger partial charge in [0.05, 0.1) is 25.3 Å². The number of amides is 1. The second-order valence-corrected chi connectivity index (χ2v) is 11.6. The highest BCUT2D eigenvalue weighted by Crippen LogP contribution is 2.31. The molecule has 1 heterocycles. The summed E-state index contributed by atoms with van der Waals surface area (Å²) < 4.78 is 10.8. The molecule has 0 N–H and O–H groups in total. The van der Waals surface area contributed by atoms with Gasteiger partial charge in [-0.1, -0.05) is 65.0 Å². The molecule has 0 fully saturated rings. The number of methoxy groups -OCH3 is 1. The number of ether oxygens (including phenoxy) is 2. The van der Waals surface area contributed by atoms with Crippen molar-refractivity contribution >= 4 is 28.5 Å². The zero-order chi connectivity index (χ0) is 31.0. The maximum Gasteiger partial charge on any atom is 0.338 e. The lowest BCUT2D eigenvalue weighted by Crippen LogP contribution is -2.34. The normalized spacial score (nSPS) is 11.1. The average Bonchev–Trinajstić information content (AvgIpc) is 2.95. The average molecular weight is 569 g/mol. The summed E-state index contributed by atoms with van der Waals surface area (Å²) in [7, 11) is 1.67. The van der Waals surface area contributed by atoms with Crippen LogP contribution in [0.15, 0.2) is 72.9 Å². The molecule has 42 heavy (non-hydrogen) atoms. The lowest BCUT2D eigenvalue weighted by molar-refractivity contribution is -0.120. The van der Waals surface area contributed by atoms with Crippen molar-refractivity contribution in [2.24, 2.45) is 5.41 Å². The standard InChI is InChI=1S/C34H38N2O4.C2H6/c1-22(2)40-33(38)28-12-14-29-27(19-28)16-17-35-32(29)36(31(37)20-34(4,5)6)21-24-8-10-25(11-9-24)26-13-15-30(39-7)23(3)18-26;1-2/h8-19,22H,20-21H2,1-7H3;1-2H3. The number of hydrogen-bond donors (Lipinski definition) is 0. The number of esters is 1. The number of aryl methyl sites for hydroxylation is 1. The van der Waals surface area contributed by atoms with E-state index < -0.39 is 0 Å². The fraction of sp³-hybridized carbons (Fsp3) is 0.361. The Morgan fingerprint density at radius 3 is 2.17 bits per heavy atom. The van der Waals surface area contributed by atoms with Crippen LogP contribution in [0.5, 0.6) is 5.75 Å². The van der Waals surface area contributed by atoms with Gasteiger partial charge in [0, 0.05) is 18.0 Å². The van der Waals surface area contributed by atoms with Crippen LogP contribution >= 0.6 is 0 Å². The smallest absolute Gasteiger partial charge is 0.338 e. The molecule has 0 saturated carbocycles. The van der Waals surface area contributed by atoms with E-state index in [9.17, 15) is 9.59 Å². The number of aromatic nitrogens is 1. The Labute approximate surface area is 250 Å². The molecule has 0 atom stereocenters. The predicted molar refractivity (Wildman–Crippen MR) is 172 cm³/mol. The summed E-state index contributed by atoms with van der Waals surface area (Å²) >= 11 is 0. The number of nitrogens with zero attached hydrogens (tertiary/aromatic N) is 2. The molecule has 0 radical (unpaired) electrons. The van der Waals surface area contributed by atoms with Gasteiger partial charge in [-0.2, -0.15) is 0 Å². The van der Waals surface area contributed by atoms with Crippen molar-refractivity contribution in [2.45, 2.75) is 74.5 Å². The molecule has 0 aliphatic rings. The molecule has 6 nitrogen and oxygen atoms in total. The number of anilines is 1. The summed E-state index contributed by atoms with van der Waals surface area (Å²) in [4.78, 5) is 32.6. The molecule has 6 heteroatoms. The van der Waals surface area contributed by atoms with Gasteiger partial charge in [-0.05, 0) is 90.2 Å². The largest absolute Gasteiger partial charge is 0.496 e. The van der Waals surface area contributed by atoms with E-state index in [1.807, 2.05) is 58.9 Å². The molecule has 3 aromatic carbocycles. The number of benzene rings is 3. The summed E-state index contributed by atoms with van der Waals surface area (Å²) in [5.41, 5.74) is 4.54. The summed E-state index contributed by atoms with van der Waals surface area (Å²) in [6, 6.07) is 21.6. The Hall–Kier alpha value is -4.19. The fourth-order valence-corrected chi connectivity index (χ4v) is 4.66. The molecule has 4 aromatic rings. The predicted octanol–water partition coefficient (Wildman–Crippen LogP) is 8.78. The summed E-state index contributed by atoms with van der Waals surface area (Å²) in [5.74, 6) is 1.05. The topological polar surface area (TPSA) is 68.7 Å². The monoisotopic (exact) mass is 568 g/mol. The second-order valence-electron chi connectivity index (χ2n) is 11.6. The van der Waals surface area contributed by atoms with Gasteiger partial charge in [-0.3, -0.25) is 9.69 Å². The molecular weight excluding hydrogens is 524 g/mol. The molecule has 0 saturated heterocycles. The van der Waals surface area contributed by atoms with Crippen LogP contribution in [0.25, 0.3) is 21.9 Å². The molecule has 0 aliphatic carbocycles. The molecular formula is C36H44N2O4. The van der Waals surface area contributed by atoms with Crippen molar-refractivity contribution in [3.05, 3.63) is 89.6 Å². The first kappa shape index (κ1) is 32.3. The Morgan fingerprint density at radius 1 is 0.905 bits per heavy atom. The van der Waals surface area contributed by atoms with Gasteiger partial charge in [0.15, 0.2) is 0 Å². The van der Waals surface area contributed by atoms with Crippen LogP contribution in [0.4, 0.5) is 5.82 Å². The van der Waals surface area contributed by atoms with Crippen LogP contribution in [-0.4, -0.2) is 30.1 Å².